The van der Waals surface area contributed by atoms with Gasteiger partial charge < -0.3 is 14.0 Å². The minimum absolute atomic E-state index is 0.0725. The number of hydrogen-bond donors (Lipinski definition) is 0. The summed E-state index contributed by atoms with van der Waals surface area (Å²) in [6.45, 7) is 5.34. The number of rotatable bonds is 5. The SMILES string of the molecule is CCn1c2ccccc2c2cc(/C=C/C(=O)N(C)Cc3cc(C)on3)ccc21. The highest BCUT2D eigenvalue weighted by Crippen LogP contribution is 2.29. The molecule has 28 heavy (non-hydrogen) atoms. The Bertz CT molecular complexity index is 1180. The van der Waals surface area contributed by atoms with Gasteiger partial charge in [-0.05, 0) is 43.7 Å². The van der Waals surface area contributed by atoms with Gasteiger partial charge in [-0.15, -0.1) is 0 Å². The van der Waals surface area contributed by atoms with Crippen LogP contribution in [0.4, 0.5) is 0 Å². The van der Waals surface area contributed by atoms with Crippen LogP contribution in [0, 0.1) is 6.92 Å². The summed E-state index contributed by atoms with van der Waals surface area (Å²) < 4.78 is 7.37. The van der Waals surface area contributed by atoms with Crippen LogP contribution in [0.15, 0.2) is 59.1 Å². The van der Waals surface area contributed by atoms with Crippen molar-refractivity contribution < 1.29 is 9.32 Å². The Balaban J connectivity index is 1.59. The zero-order chi connectivity index (χ0) is 19.7. The normalized spacial score (nSPS) is 11.7. The van der Waals surface area contributed by atoms with Crippen LogP contribution in [0.5, 0.6) is 0 Å². The molecule has 0 aliphatic carbocycles. The molecule has 4 aromatic rings. The van der Waals surface area contributed by atoms with Crippen LogP contribution in [0.25, 0.3) is 27.9 Å². The Labute approximate surface area is 163 Å². The molecule has 0 unspecified atom stereocenters. The van der Waals surface area contributed by atoms with E-state index in [0.29, 0.717) is 6.54 Å². The average molecular weight is 373 g/mol. The molecule has 2 heterocycles. The predicted molar refractivity (Wildman–Crippen MR) is 112 cm³/mol. The summed E-state index contributed by atoms with van der Waals surface area (Å²) in [5, 5.41) is 6.38. The van der Waals surface area contributed by atoms with Crippen molar-refractivity contribution in [3.8, 4) is 0 Å². The fourth-order valence-corrected chi connectivity index (χ4v) is 3.62. The van der Waals surface area contributed by atoms with Crippen LogP contribution in [0.3, 0.4) is 0 Å². The van der Waals surface area contributed by atoms with Gasteiger partial charge in [0.2, 0.25) is 5.91 Å². The monoisotopic (exact) mass is 373 g/mol. The topological polar surface area (TPSA) is 51.3 Å². The van der Waals surface area contributed by atoms with Gasteiger partial charge in [0.05, 0.1) is 6.54 Å². The molecule has 2 aromatic carbocycles. The standard InChI is InChI=1S/C23H23N3O2/c1-4-26-21-8-6-5-7-19(21)20-14-17(9-11-22(20)26)10-12-23(27)25(3)15-18-13-16(2)28-24-18/h5-14H,4,15H2,1-3H3/b12-10+. The van der Waals surface area contributed by atoms with E-state index in [-0.39, 0.29) is 5.91 Å². The van der Waals surface area contributed by atoms with Gasteiger partial charge in [0.25, 0.3) is 0 Å². The first kappa shape index (κ1) is 18.0. The van der Waals surface area contributed by atoms with Gasteiger partial charge in [-0.1, -0.05) is 29.4 Å². The lowest BCUT2D eigenvalue weighted by Gasteiger charge is -2.12. The zero-order valence-electron chi connectivity index (χ0n) is 16.3. The molecule has 142 valence electrons. The van der Waals surface area contributed by atoms with E-state index in [2.05, 4.69) is 59.1 Å². The van der Waals surface area contributed by atoms with E-state index in [1.807, 2.05) is 19.1 Å². The van der Waals surface area contributed by atoms with Gasteiger partial charge in [0.1, 0.15) is 11.5 Å². The van der Waals surface area contributed by atoms with Crippen molar-refractivity contribution in [1.29, 1.82) is 0 Å². The average Bonchev–Trinajstić information content (AvgIpc) is 3.26. The lowest BCUT2D eigenvalue weighted by atomic mass is 10.1. The molecule has 0 saturated heterocycles. The second-order valence-corrected chi connectivity index (χ2v) is 6.99. The van der Waals surface area contributed by atoms with Crippen molar-refractivity contribution in [2.45, 2.75) is 26.9 Å². The van der Waals surface area contributed by atoms with Crippen molar-refractivity contribution in [1.82, 2.24) is 14.6 Å². The Kier molecular flexibility index (Phi) is 4.74. The Morgan fingerprint density at radius 3 is 2.68 bits per heavy atom. The van der Waals surface area contributed by atoms with E-state index < -0.39 is 0 Å². The van der Waals surface area contributed by atoms with E-state index >= 15 is 0 Å². The molecule has 5 heteroatoms. The van der Waals surface area contributed by atoms with Gasteiger partial charge >= 0.3 is 0 Å². The second kappa shape index (κ2) is 7.35. The molecule has 4 rings (SSSR count). The molecule has 5 nitrogen and oxygen atoms in total. The van der Waals surface area contributed by atoms with Gasteiger partial charge in [-0.25, -0.2) is 0 Å². The van der Waals surface area contributed by atoms with E-state index in [1.165, 1.54) is 21.8 Å². The first-order valence-electron chi connectivity index (χ1n) is 9.43. The minimum Gasteiger partial charge on any atom is -0.361 e. The number of fused-ring (bicyclic) bond motifs is 3. The summed E-state index contributed by atoms with van der Waals surface area (Å²) in [4.78, 5) is 14.1. The molecule has 0 spiro atoms. The molecule has 0 fully saturated rings. The van der Waals surface area contributed by atoms with Crippen LogP contribution in [0.2, 0.25) is 0 Å². The molecular weight excluding hydrogens is 350 g/mol. The third-order valence-corrected chi connectivity index (χ3v) is 4.98. The van der Waals surface area contributed by atoms with Gasteiger partial charge in [-0.2, -0.15) is 0 Å². The third-order valence-electron chi connectivity index (χ3n) is 4.98. The van der Waals surface area contributed by atoms with Crippen molar-refractivity contribution >= 4 is 33.8 Å². The van der Waals surface area contributed by atoms with Crippen LogP contribution >= 0.6 is 0 Å². The number of carbonyl (C=O) groups is 1. The van der Waals surface area contributed by atoms with Crippen LogP contribution in [-0.4, -0.2) is 27.6 Å². The van der Waals surface area contributed by atoms with Crippen molar-refractivity contribution in [3.05, 3.63) is 71.6 Å². The summed E-state index contributed by atoms with van der Waals surface area (Å²) >= 11 is 0. The first-order chi connectivity index (χ1) is 13.6. The maximum atomic E-state index is 12.4. The van der Waals surface area contributed by atoms with Gasteiger partial charge in [-0.3, -0.25) is 4.79 Å². The molecular formula is C23H23N3O2. The summed E-state index contributed by atoms with van der Waals surface area (Å²) in [6, 6.07) is 16.6. The molecule has 0 bridgehead atoms. The number of para-hydroxylation sites is 1. The Morgan fingerprint density at radius 1 is 1.14 bits per heavy atom. The molecule has 0 saturated carbocycles. The molecule has 0 atom stereocenters. The van der Waals surface area contributed by atoms with Crippen molar-refractivity contribution in [2.75, 3.05) is 7.05 Å². The van der Waals surface area contributed by atoms with Crippen LogP contribution < -0.4 is 0 Å². The third kappa shape index (κ3) is 3.31. The first-order valence-corrected chi connectivity index (χ1v) is 9.43. The molecule has 0 aliphatic heterocycles. The van der Waals surface area contributed by atoms with Crippen molar-refractivity contribution in [2.24, 2.45) is 0 Å². The summed E-state index contributed by atoms with van der Waals surface area (Å²) in [5.74, 6) is 0.669. The number of aromatic nitrogens is 2. The van der Waals surface area contributed by atoms with Crippen LogP contribution in [0.1, 0.15) is 23.9 Å². The Hall–Kier alpha value is -3.34. The number of amides is 1. The summed E-state index contributed by atoms with van der Waals surface area (Å²) in [5.41, 5.74) is 4.20. The van der Waals surface area contributed by atoms with E-state index in [9.17, 15) is 4.79 Å². The predicted octanol–water partition coefficient (Wildman–Crippen LogP) is 4.78. The van der Waals surface area contributed by atoms with E-state index in [1.54, 1.807) is 18.0 Å². The minimum atomic E-state index is -0.0725. The lowest BCUT2D eigenvalue weighted by Crippen LogP contribution is -2.24. The maximum Gasteiger partial charge on any atom is 0.246 e. The summed E-state index contributed by atoms with van der Waals surface area (Å²) in [6.07, 6.45) is 3.47. The molecule has 1 amide bonds. The molecule has 0 aliphatic rings. The number of benzene rings is 2. The smallest absolute Gasteiger partial charge is 0.246 e. The molecule has 0 radical (unpaired) electrons. The highest BCUT2D eigenvalue weighted by molar-refractivity contribution is 6.08. The van der Waals surface area contributed by atoms with E-state index in [4.69, 9.17) is 4.52 Å². The highest BCUT2D eigenvalue weighted by atomic mass is 16.5. The zero-order valence-corrected chi connectivity index (χ0v) is 16.3. The number of carbonyl (C=O) groups excluding carboxylic acids is 1. The van der Waals surface area contributed by atoms with Crippen LogP contribution in [-0.2, 0) is 17.9 Å². The summed E-state index contributed by atoms with van der Waals surface area (Å²) in [7, 11) is 1.76. The van der Waals surface area contributed by atoms with E-state index in [0.717, 1.165) is 23.6 Å². The number of nitrogens with zero attached hydrogens (tertiary/aromatic N) is 3. The maximum absolute atomic E-state index is 12.4. The fraction of sp³-hybridized carbons (Fsp3) is 0.217. The largest absolute Gasteiger partial charge is 0.361 e. The van der Waals surface area contributed by atoms with Gasteiger partial charge in [0, 0.05) is 47.5 Å². The number of hydrogen-bond acceptors (Lipinski definition) is 3. The fourth-order valence-electron chi connectivity index (χ4n) is 3.62. The number of likely N-dealkylation sites (N-methyl/N-ethyl adjacent to an activating group) is 1. The van der Waals surface area contributed by atoms with Crippen molar-refractivity contribution in [3.63, 3.8) is 0 Å². The lowest BCUT2D eigenvalue weighted by molar-refractivity contribution is -0.125. The molecule has 2 aromatic heterocycles. The quantitative estimate of drug-likeness (QED) is 0.473. The highest BCUT2D eigenvalue weighted by Gasteiger charge is 2.11. The molecule has 0 N–H and O–H groups in total. The van der Waals surface area contributed by atoms with Gasteiger partial charge in [0.15, 0.2) is 0 Å². The second-order valence-electron chi connectivity index (χ2n) is 6.99. The number of aryl methyl sites for hydroxylation is 2. The Morgan fingerprint density at radius 2 is 1.93 bits per heavy atom.